The number of carbonyl (C=O) groups is 2. The van der Waals surface area contributed by atoms with Gasteiger partial charge in [0.05, 0.1) is 63.3 Å². The fraction of sp³-hybridized carbons (Fsp3) is 0.367. The Kier molecular flexibility index (Phi) is 18.1. The number of ether oxygens (including phenoxy) is 2. The maximum atomic E-state index is 14.3. The van der Waals surface area contributed by atoms with Gasteiger partial charge in [-0.15, -0.1) is 0 Å². The number of hydrogen-bond acceptors (Lipinski definition) is 14. The summed E-state index contributed by atoms with van der Waals surface area (Å²) in [4.78, 5) is 44.2. The van der Waals surface area contributed by atoms with Gasteiger partial charge in [-0.05, 0) is 98.5 Å². The summed E-state index contributed by atoms with van der Waals surface area (Å²) in [5, 5.41) is 28.4. The smallest absolute Gasteiger partial charge is 0.433 e. The Labute approximate surface area is 480 Å². The first-order valence-corrected chi connectivity index (χ1v) is 27.2. The van der Waals surface area contributed by atoms with Crippen molar-refractivity contribution in [2.75, 3.05) is 66.7 Å². The summed E-state index contributed by atoms with van der Waals surface area (Å²) in [5.74, 6) is 0.204. The fourth-order valence-electron chi connectivity index (χ4n) is 11.3. The van der Waals surface area contributed by atoms with Crippen LogP contribution >= 0.6 is 0 Å². The molecule has 0 aliphatic carbocycles. The molecule has 2 amide bonds. The van der Waals surface area contributed by atoms with Crippen molar-refractivity contribution >= 4 is 23.1 Å². The number of methoxy groups -OCH3 is 2. The largest absolute Gasteiger partial charge is 0.497 e. The summed E-state index contributed by atoms with van der Waals surface area (Å²) in [6, 6.07) is 27.4. The minimum atomic E-state index is -4.74. The van der Waals surface area contributed by atoms with Gasteiger partial charge >= 0.3 is 12.4 Å². The van der Waals surface area contributed by atoms with Crippen LogP contribution in [-0.4, -0.2) is 150 Å². The van der Waals surface area contributed by atoms with Gasteiger partial charge in [0.25, 0.3) is 11.8 Å². The Morgan fingerprint density at radius 3 is 1.27 bits per heavy atom. The van der Waals surface area contributed by atoms with E-state index in [0.717, 1.165) is 34.6 Å². The number of aliphatic hydroxyl groups is 2. The van der Waals surface area contributed by atoms with Gasteiger partial charge in [-0.3, -0.25) is 19.4 Å². The van der Waals surface area contributed by atoms with E-state index in [0.29, 0.717) is 84.0 Å². The number of amides is 2. The van der Waals surface area contributed by atoms with Gasteiger partial charge in [0.1, 0.15) is 22.6 Å². The van der Waals surface area contributed by atoms with E-state index in [1.165, 1.54) is 28.1 Å². The number of carbonyl (C=O) groups excluding carboxylic acids is 2. The van der Waals surface area contributed by atoms with Crippen LogP contribution in [0.4, 0.5) is 26.3 Å². The first-order valence-electron chi connectivity index (χ1n) is 27.2. The van der Waals surface area contributed by atoms with Gasteiger partial charge < -0.3 is 41.0 Å². The molecule has 0 spiro atoms. The second kappa shape index (κ2) is 25.1. The first-order chi connectivity index (χ1) is 40.1. The van der Waals surface area contributed by atoms with Crippen LogP contribution in [0.15, 0.2) is 109 Å². The number of fused-ring (bicyclic) bond motifs is 2. The van der Waals surface area contributed by atoms with Crippen LogP contribution in [0.25, 0.3) is 33.8 Å². The lowest BCUT2D eigenvalue weighted by molar-refractivity contribution is -0.144. The van der Waals surface area contributed by atoms with Gasteiger partial charge in [0.15, 0.2) is 22.7 Å². The molecule has 444 valence electrons. The number of benzene rings is 4. The van der Waals surface area contributed by atoms with Crippen LogP contribution in [0, 0.1) is 13.8 Å². The van der Waals surface area contributed by atoms with Crippen LogP contribution in [0.5, 0.6) is 11.5 Å². The third-order valence-corrected chi connectivity index (χ3v) is 15.7. The van der Waals surface area contributed by atoms with Crippen molar-refractivity contribution < 1.29 is 55.6 Å². The van der Waals surface area contributed by atoms with E-state index in [2.05, 4.69) is 30.0 Å². The molecular weight excluding hydrogens is 1100 g/mol. The molecular formula is C60H66F6N12O6. The maximum Gasteiger partial charge on any atom is 0.433 e. The van der Waals surface area contributed by atoms with E-state index < -0.39 is 35.6 Å². The highest BCUT2D eigenvalue weighted by atomic mass is 19.4. The van der Waals surface area contributed by atoms with Crippen LogP contribution in [0.2, 0.25) is 0 Å². The monoisotopic (exact) mass is 1160 g/mol. The number of hydrogen-bond donors (Lipinski definition) is 4. The number of nitrogens with zero attached hydrogens (tertiary/aromatic N) is 10. The van der Waals surface area contributed by atoms with Crippen molar-refractivity contribution in [2.45, 2.75) is 77.3 Å². The van der Waals surface area contributed by atoms with Crippen molar-refractivity contribution in [1.29, 1.82) is 0 Å². The molecule has 2 saturated heterocycles. The predicted molar refractivity (Wildman–Crippen MR) is 302 cm³/mol. The average molecular weight is 1170 g/mol. The number of nitrogens with two attached hydrogens (primary N) is 2. The molecule has 4 aromatic carbocycles. The molecule has 10 rings (SSSR count). The molecule has 2 aliphatic heterocycles. The van der Waals surface area contributed by atoms with Crippen molar-refractivity contribution in [1.82, 2.24) is 48.8 Å². The maximum absolute atomic E-state index is 14.3. The zero-order valence-electron chi connectivity index (χ0n) is 47.2. The molecule has 0 bridgehead atoms. The highest BCUT2D eigenvalue weighted by Crippen LogP contribution is 2.39. The Balaban J connectivity index is 0.000000202. The summed E-state index contributed by atoms with van der Waals surface area (Å²) in [7, 11) is 3.00. The van der Waals surface area contributed by atoms with Gasteiger partial charge in [-0.25, -0.2) is 19.0 Å². The van der Waals surface area contributed by atoms with E-state index in [4.69, 9.17) is 20.9 Å². The molecule has 4 aromatic heterocycles. The van der Waals surface area contributed by atoms with Crippen LogP contribution < -0.4 is 20.9 Å². The van der Waals surface area contributed by atoms with Gasteiger partial charge in [0, 0.05) is 86.7 Å². The van der Waals surface area contributed by atoms with Crippen molar-refractivity contribution in [3.8, 4) is 34.0 Å². The lowest BCUT2D eigenvalue weighted by atomic mass is 10.0. The molecule has 24 heteroatoms. The number of rotatable bonds is 14. The van der Waals surface area contributed by atoms with Crippen molar-refractivity contribution in [2.24, 2.45) is 11.5 Å². The minimum Gasteiger partial charge on any atom is -0.497 e. The SMILES string of the molecule is COc1ccc(-c2nc3c(C(=O)N4CCN([C@@H](CO)c5cccc(CN)c5)C[C@H]4C)cnn3c(C(F)(F)F)c2C)cc1.COc1ccc(-c2nc3c(C(=O)N4CCN([C@H](CO)c5cccc(CN)c5)C[C@H]4C)cnn3c(C(F)(F)F)c2C)cc1. The molecule has 2 aliphatic rings. The van der Waals surface area contributed by atoms with Crippen molar-refractivity contribution in [3.05, 3.63) is 165 Å². The standard InChI is InChI=1S/2C30H33F3N6O3/c2*1-18-16-37(25(17-40)22-6-4-5-20(13-22)14-34)11-12-38(18)29(41)24-15-35-39-27(30(31,32)33)19(2)26(36-28(24)39)21-7-9-23(42-3)10-8-21/h2*4-10,13,15,18,25,40H,11-12,14,16-17,34H2,1-3H3/t18-,25+;18-,25-/m11/s1. The summed E-state index contributed by atoms with van der Waals surface area (Å²) in [6.45, 7) is 9.46. The highest BCUT2D eigenvalue weighted by molar-refractivity contribution is 6.01. The number of alkyl halides is 6. The van der Waals surface area contributed by atoms with Gasteiger partial charge in [-0.1, -0.05) is 48.5 Å². The molecule has 0 unspecified atom stereocenters. The average Bonchev–Trinajstić information content (AvgIpc) is 3.19. The fourth-order valence-corrected chi connectivity index (χ4v) is 11.3. The zero-order chi connectivity index (χ0) is 60.4. The van der Waals surface area contributed by atoms with E-state index in [1.54, 1.807) is 58.3 Å². The van der Waals surface area contributed by atoms with E-state index in [9.17, 15) is 46.1 Å². The first kappa shape index (κ1) is 60.6. The predicted octanol–water partition coefficient (Wildman–Crippen LogP) is 8.14. The van der Waals surface area contributed by atoms with Crippen LogP contribution in [0.3, 0.4) is 0 Å². The molecule has 18 nitrogen and oxygen atoms in total. The summed E-state index contributed by atoms with van der Waals surface area (Å²) in [5.41, 5.74) is 14.0. The Morgan fingerprint density at radius 2 is 0.964 bits per heavy atom. The quantitative estimate of drug-likeness (QED) is 0.0756. The van der Waals surface area contributed by atoms with E-state index >= 15 is 0 Å². The summed E-state index contributed by atoms with van der Waals surface area (Å²) in [6.07, 6.45) is -7.16. The Morgan fingerprint density at radius 1 is 0.595 bits per heavy atom. The second-order valence-electron chi connectivity index (χ2n) is 20.9. The van der Waals surface area contributed by atoms with E-state index in [1.807, 2.05) is 62.4 Å². The third kappa shape index (κ3) is 12.2. The second-order valence-corrected chi connectivity index (χ2v) is 20.9. The molecule has 8 aromatic rings. The lowest BCUT2D eigenvalue weighted by Crippen LogP contribution is -2.55. The van der Waals surface area contributed by atoms with E-state index in [-0.39, 0.29) is 82.3 Å². The topological polar surface area (TPSA) is 218 Å². The molecule has 6 N–H and O–H groups in total. The van der Waals surface area contributed by atoms with Gasteiger partial charge in [0.2, 0.25) is 0 Å². The lowest BCUT2D eigenvalue weighted by Gasteiger charge is -2.43. The third-order valence-electron chi connectivity index (χ3n) is 15.7. The molecule has 0 saturated carbocycles. The molecule has 4 atom stereocenters. The Hall–Kier alpha value is -8.00. The molecule has 84 heavy (non-hydrogen) atoms. The highest BCUT2D eigenvalue weighted by Gasteiger charge is 2.42. The summed E-state index contributed by atoms with van der Waals surface area (Å²) < 4.78 is 97.7. The summed E-state index contributed by atoms with van der Waals surface area (Å²) >= 11 is 0. The minimum absolute atomic E-state index is 0.00934. The molecule has 6 heterocycles. The van der Waals surface area contributed by atoms with Crippen LogP contribution in [0.1, 0.15) is 91.4 Å². The Bertz CT molecular complexity index is 3410. The van der Waals surface area contributed by atoms with Gasteiger partial charge in [-0.2, -0.15) is 36.5 Å². The number of aromatic nitrogens is 6. The number of piperazine rings is 2. The normalized spacial score (nSPS) is 17.0. The number of halogens is 6. The van der Waals surface area contributed by atoms with Crippen molar-refractivity contribution in [3.63, 3.8) is 0 Å². The number of aliphatic hydroxyl groups excluding tert-OH is 2. The van der Waals surface area contributed by atoms with Crippen LogP contribution in [-0.2, 0) is 25.4 Å². The molecule has 2 fully saturated rings. The molecule has 0 radical (unpaired) electrons. The zero-order valence-corrected chi connectivity index (χ0v) is 47.2.